The predicted octanol–water partition coefficient (Wildman–Crippen LogP) is 3.52. The monoisotopic (exact) mass is 398 g/mol. The lowest BCUT2D eigenvalue weighted by Gasteiger charge is -2.10. The van der Waals surface area contributed by atoms with Crippen molar-refractivity contribution in [3.63, 3.8) is 0 Å². The van der Waals surface area contributed by atoms with E-state index in [1.165, 1.54) is 0 Å². The molecule has 1 N–H and O–H groups in total. The van der Waals surface area contributed by atoms with Crippen molar-refractivity contribution in [1.29, 1.82) is 0 Å². The van der Waals surface area contributed by atoms with Gasteiger partial charge in [-0.05, 0) is 59.3 Å². The first kappa shape index (κ1) is 16.2. The summed E-state index contributed by atoms with van der Waals surface area (Å²) in [6, 6.07) is 10.0. The molecule has 0 bridgehead atoms. The molecule has 4 nitrogen and oxygen atoms in total. The van der Waals surface area contributed by atoms with Crippen molar-refractivity contribution in [3.8, 4) is 11.6 Å². The van der Waals surface area contributed by atoms with Crippen molar-refractivity contribution in [2.24, 2.45) is 0 Å². The van der Waals surface area contributed by atoms with Crippen molar-refractivity contribution < 1.29 is 9.47 Å². The Labute approximate surface area is 139 Å². The van der Waals surface area contributed by atoms with Crippen LogP contribution in [0, 0.1) is 10.5 Å². The van der Waals surface area contributed by atoms with Crippen LogP contribution in [0.4, 0.5) is 0 Å². The molecule has 112 valence electrons. The van der Waals surface area contributed by atoms with E-state index in [1.54, 1.807) is 7.11 Å². The lowest BCUT2D eigenvalue weighted by molar-refractivity contribution is 0.199. The third-order valence-electron chi connectivity index (χ3n) is 2.91. The second kappa shape index (κ2) is 8.31. The molecule has 1 aromatic carbocycles. The minimum absolute atomic E-state index is 0.651. The molecule has 0 aliphatic heterocycles. The highest BCUT2D eigenvalue weighted by molar-refractivity contribution is 14.1. The number of aromatic nitrogens is 1. The van der Waals surface area contributed by atoms with Gasteiger partial charge in [-0.2, -0.15) is 0 Å². The van der Waals surface area contributed by atoms with Crippen molar-refractivity contribution in [1.82, 2.24) is 10.3 Å². The Kier molecular flexibility index (Phi) is 6.41. The van der Waals surface area contributed by atoms with E-state index in [2.05, 4.69) is 39.0 Å². The van der Waals surface area contributed by atoms with E-state index in [-0.39, 0.29) is 0 Å². The Morgan fingerprint density at radius 1 is 1.29 bits per heavy atom. The lowest BCUT2D eigenvalue weighted by atomic mass is 10.2. The number of rotatable bonds is 7. The maximum atomic E-state index is 5.83. The maximum absolute atomic E-state index is 5.83. The van der Waals surface area contributed by atoms with Gasteiger partial charge in [0.15, 0.2) is 0 Å². The number of halogens is 1. The second-order valence-corrected chi connectivity index (χ2v) is 5.94. The van der Waals surface area contributed by atoms with Crippen LogP contribution >= 0.6 is 22.6 Å². The van der Waals surface area contributed by atoms with Gasteiger partial charge < -0.3 is 14.8 Å². The largest absolute Gasteiger partial charge is 0.439 e. The number of aryl methyl sites for hydroxylation is 1. The number of pyridine rings is 1. The second-order valence-electron chi connectivity index (χ2n) is 4.69. The summed E-state index contributed by atoms with van der Waals surface area (Å²) in [7, 11) is 1.70. The third-order valence-corrected chi connectivity index (χ3v) is 3.58. The van der Waals surface area contributed by atoms with Crippen LogP contribution in [0.25, 0.3) is 0 Å². The highest BCUT2D eigenvalue weighted by atomic mass is 127. The maximum Gasteiger partial charge on any atom is 0.222 e. The summed E-state index contributed by atoms with van der Waals surface area (Å²) in [5.74, 6) is 1.46. The molecule has 0 atom stereocenters. The summed E-state index contributed by atoms with van der Waals surface area (Å²) in [5.41, 5.74) is 2.17. The Balaban J connectivity index is 1.98. The molecule has 1 aromatic heterocycles. The minimum Gasteiger partial charge on any atom is -0.439 e. The molecular formula is C16H19IN2O2. The SMILES string of the molecule is COCCNCc1cnc(Oc2cccc(I)c2)c(C)c1. The van der Waals surface area contributed by atoms with Crippen LogP contribution in [0.2, 0.25) is 0 Å². The molecule has 0 amide bonds. The van der Waals surface area contributed by atoms with Crippen LogP contribution in [0.5, 0.6) is 11.6 Å². The van der Waals surface area contributed by atoms with Gasteiger partial charge in [-0.3, -0.25) is 0 Å². The van der Waals surface area contributed by atoms with Gasteiger partial charge >= 0.3 is 0 Å². The number of ether oxygens (including phenoxy) is 2. The number of hydrogen-bond acceptors (Lipinski definition) is 4. The Bertz CT molecular complexity index is 590. The molecule has 0 unspecified atom stereocenters. The fourth-order valence-electron chi connectivity index (χ4n) is 1.87. The number of methoxy groups -OCH3 is 1. The van der Waals surface area contributed by atoms with Gasteiger partial charge in [0.2, 0.25) is 5.88 Å². The number of benzene rings is 1. The molecule has 1 heterocycles. The van der Waals surface area contributed by atoms with Crippen LogP contribution < -0.4 is 10.1 Å². The molecule has 0 radical (unpaired) electrons. The van der Waals surface area contributed by atoms with Gasteiger partial charge in [0.1, 0.15) is 5.75 Å². The summed E-state index contributed by atoms with van der Waals surface area (Å²) in [6.45, 7) is 4.33. The zero-order valence-corrected chi connectivity index (χ0v) is 14.4. The standard InChI is InChI=1S/C16H19IN2O2/c1-12-8-13(10-18-6-7-20-2)11-19-16(12)21-15-5-3-4-14(17)9-15/h3-5,8-9,11,18H,6-7,10H2,1-2H3. The fraction of sp³-hybridized carbons (Fsp3) is 0.312. The average Bonchev–Trinajstić information content (AvgIpc) is 2.46. The molecule has 0 saturated carbocycles. The zero-order chi connectivity index (χ0) is 15.1. The van der Waals surface area contributed by atoms with Gasteiger partial charge in [-0.1, -0.05) is 6.07 Å². The summed E-state index contributed by atoms with van der Waals surface area (Å²) in [5, 5.41) is 3.30. The fourth-order valence-corrected chi connectivity index (χ4v) is 2.39. The third kappa shape index (κ3) is 5.26. The van der Waals surface area contributed by atoms with Gasteiger partial charge in [0, 0.05) is 35.5 Å². The number of nitrogens with zero attached hydrogens (tertiary/aromatic N) is 1. The van der Waals surface area contributed by atoms with E-state index in [4.69, 9.17) is 9.47 Å². The summed E-state index contributed by atoms with van der Waals surface area (Å²) in [6.07, 6.45) is 1.84. The first-order valence-electron chi connectivity index (χ1n) is 6.77. The smallest absolute Gasteiger partial charge is 0.222 e. The minimum atomic E-state index is 0.651. The first-order chi connectivity index (χ1) is 10.2. The van der Waals surface area contributed by atoms with Crippen molar-refractivity contribution in [2.45, 2.75) is 13.5 Å². The van der Waals surface area contributed by atoms with E-state index in [9.17, 15) is 0 Å². The summed E-state index contributed by atoms with van der Waals surface area (Å²) in [4.78, 5) is 4.41. The number of hydrogen-bond donors (Lipinski definition) is 1. The molecular weight excluding hydrogens is 379 g/mol. The van der Waals surface area contributed by atoms with Crippen LogP contribution in [-0.4, -0.2) is 25.2 Å². The van der Waals surface area contributed by atoms with E-state index in [0.29, 0.717) is 12.5 Å². The van der Waals surface area contributed by atoms with Crippen LogP contribution in [0.3, 0.4) is 0 Å². The van der Waals surface area contributed by atoms with Crippen LogP contribution in [0.15, 0.2) is 36.5 Å². The zero-order valence-electron chi connectivity index (χ0n) is 12.2. The van der Waals surface area contributed by atoms with Crippen molar-refractivity contribution in [3.05, 3.63) is 51.2 Å². The van der Waals surface area contributed by atoms with E-state index in [0.717, 1.165) is 33.5 Å². The van der Waals surface area contributed by atoms with E-state index < -0.39 is 0 Å². The van der Waals surface area contributed by atoms with Gasteiger partial charge in [0.25, 0.3) is 0 Å². The highest BCUT2D eigenvalue weighted by Crippen LogP contribution is 2.24. The highest BCUT2D eigenvalue weighted by Gasteiger charge is 2.05. The normalized spacial score (nSPS) is 10.6. The molecule has 0 spiro atoms. The predicted molar refractivity (Wildman–Crippen MR) is 91.8 cm³/mol. The average molecular weight is 398 g/mol. The van der Waals surface area contributed by atoms with Crippen molar-refractivity contribution >= 4 is 22.6 Å². The molecule has 0 fully saturated rings. The Morgan fingerprint density at radius 3 is 2.86 bits per heavy atom. The molecule has 5 heteroatoms. The Hall–Kier alpha value is -1.18. The summed E-state index contributed by atoms with van der Waals surface area (Å²) >= 11 is 2.27. The van der Waals surface area contributed by atoms with Crippen molar-refractivity contribution in [2.75, 3.05) is 20.3 Å². The molecule has 21 heavy (non-hydrogen) atoms. The molecule has 2 rings (SSSR count). The lowest BCUT2D eigenvalue weighted by Crippen LogP contribution is -2.18. The topological polar surface area (TPSA) is 43.4 Å². The van der Waals surface area contributed by atoms with Gasteiger partial charge in [0.05, 0.1) is 6.61 Å². The molecule has 2 aromatic rings. The van der Waals surface area contributed by atoms with Crippen LogP contribution in [-0.2, 0) is 11.3 Å². The van der Waals surface area contributed by atoms with Gasteiger partial charge in [-0.15, -0.1) is 0 Å². The quantitative estimate of drug-likeness (QED) is 0.573. The van der Waals surface area contributed by atoms with Gasteiger partial charge in [-0.25, -0.2) is 4.98 Å². The number of nitrogens with one attached hydrogen (secondary N) is 1. The van der Waals surface area contributed by atoms with E-state index in [1.807, 2.05) is 37.4 Å². The van der Waals surface area contributed by atoms with Crippen LogP contribution in [0.1, 0.15) is 11.1 Å². The molecule has 0 aliphatic carbocycles. The molecule has 0 saturated heterocycles. The molecule has 0 aliphatic rings. The first-order valence-corrected chi connectivity index (χ1v) is 7.85. The Morgan fingerprint density at radius 2 is 2.14 bits per heavy atom. The van der Waals surface area contributed by atoms with E-state index >= 15 is 0 Å². The summed E-state index contributed by atoms with van der Waals surface area (Å²) < 4.78 is 12.0.